The van der Waals surface area contributed by atoms with Gasteiger partial charge in [-0.25, -0.2) is 0 Å². The van der Waals surface area contributed by atoms with Gasteiger partial charge in [0.2, 0.25) is 0 Å². The van der Waals surface area contributed by atoms with E-state index >= 15 is 0 Å². The van der Waals surface area contributed by atoms with Gasteiger partial charge < -0.3 is 5.32 Å². The van der Waals surface area contributed by atoms with Crippen LogP contribution in [0.5, 0.6) is 0 Å². The normalized spacial score (nSPS) is 52.4. The van der Waals surface area contributed by atoms with Crippen LogP contribution in [-0.2, 0) is 0 Å². The Balaban J connectivity index is 0.000000722. The lowest BCUT2D eigenvalue weighted by Crippen LogP contribution is -2.55. The second-order valence-electron chi connectivity index (χ2n) is 6.43. The molecule has 0 aromatic carbocycles. The molecule has 0 atom stereocenters. The van der Waals surface area contributed by atoms with Gasteiger partial charge in [-0.1, -0.05) is 0 Å². The molecular formula is C13H22ClN. The molecule has 15 heavy (non-hydrogen) atoms. The van der Waals surface area contributed by atoms with E-state index in [1.165, 1.54) is 13.1 Å². The molecule has 5 aliphatic rings. The monoisotopic (exact) mass is 227 g/mol. The molecule has 0 radical (unpaired) electrons. The Bertz CT molecular complexity index is 221. The van der Waals surface area contributed by atoms with Crippen LogP contribution in [0.3, 0.4) is 0 Å². The van der Waals surface area contributed by atoms with Gasteiger partial charge in [-0.05, 0) is 80.7 Å². The van der Waals surface area contributed by atoms with Gasteiger partial charge in [-0.3, -0.25) is 0 Å². The number of halogens is 1. The number of nitrogens with one attached hydrogen (secondary N) is 1. The SMILES string of the molecule is C1C2CC3CC1CC(C2)C3C1CNC1.Cl. The summed E-state index contributed by atoms with van der Waals surface area (Å²) in [6, 6.07) is 0. The lowest BCUT2D eigenvalue weighted by Gasteiger charge is -2.58. The summed E-state index contributed by atoms with van der Waals surface area (Å²) in [6.07, 6.45) is 8.02. The minimum absolute atomic E-state index is 0. The first-order valence-electron chi connectivity index (χ1n) is 6.61. The molecule has 0 amide bonds. The van der Waals surface area contributed by atoms with E-state index in [1.54, 1.807) is 32.1 Å². The minimum Gasteiger partial charge on any atom is -0.316 e. The first-order chi connectivity index (χ1) is 6.90. The van der Waals surface area contributed by atoms with Gasteiger partial charge in [-0.2, -0.15) is 0 Å². The summed E-state index contributed by atoms with van der Waals surface area (Å²) >= 11 is 0. The van der Waals surface area contributed by atoms with Gasteiger partial charge in [0.1, 0.15) is 0 Å². The first kappa shape index (κ1) is 10.4. The van der Waals surface area contributed by atoms with Gasteiger partial charge in [0.25, 0.3) is 0 Å². The molecule has 5 fully saturated rings. The third-order valence-corrected chi connectivity index (χ3v) is 5.66. The van der Waals surface area contributed by atoms with E-state index in [4.69, 9.17) is 0 Å². The fraction of sp³-hybridized carbons (Fsp3) is 1.00. The highest BCUT2D eigenvalue weighted by Gasteiger charge is 2.51. The van der Waals surface area contributed by atoms with Crippen molar-refractivity contribution < 1.29 is 0 Å². The van der Waals surface area contributed by atoms with Crippen molar-refractivity contribution in [2.45, 2.75) is 32.1 Å². The molecule has 1 nitrogen and oxygen atoms in total. The predicted octanol–water partition coefficient (Wildman–Crippen LogP) is 2.70. The van der Waals surface area contributed by atoms with Crippen molar-refractivity contribution in [1.29, 1.82) is 0 Å². The Morgan fingerprint density at radius 3 is 1.60 bits per heavy atom. The molecular weight excluding hydrogens is 206 g/mol. The highest BCUT2D eigenvalue weighted by molar-refractivity contribution is 5.85. The molecule has 2 heteroatoms. The second kappa shape index (κ2) is 3.63. The molecule has 0 aromatic rings. The Morgan fingerprint density at radius 2 is 1.20 bits per heavy atom. The molecule has 0 unspecified atom stereocenters. The van der Waals surface area contributed by atoms with Crippen molar-refractivity contribution in [2.24, 2.45) is 35.5 Å². The van der Waals surface area contributed by atoms with Crippen molar-refractivity contribution in [3.63, 3.8) is 0 Å². The number of hydrogen-bond acceptors (Lipinski definition) is 1. The van der Waals surface area contributed by atoms with Crippen molar-refractivity contribution in [1.82, 2.24) is 5.32 Å². The van der Waals surface area contributed by atoms with Crippen molar-refractivity contribution in [3.05, 3.63) is 0 Å². The molecule has 1 heterocycles. The summed E-state index contributed by atoms with van der Waals surface area (Å²) in [6.45, 7) is 2.68. The van der Waals surface area contributed by atoms with E-state index in [9.17, 15) is 0 Å². The number of hydrogen-bond donors (Lipinski definition) is 1. The molecule has 0 aromatic heterocycles. The predicted molar refractivity (Wildman–Crippen MR) is 64.1 cm³/mol. The lowest BCUT2D eigenvalue weighted by molar-refractivity contribution is -0.0708. The van der Waals surface area contributed by atoms with Gasteiger partial charge in [0, 0.05) is 0 Å². The maximum absolute atomic E-state index is 3.47. The first-order valence-corrected chi connectivity index (χ1v) is 6.61. The summed E-state index contributed by atoms with van der Waals surface area (Å²) in [4.78, 5) is 0. The zero-order chi connectivity index (χ0) is 9.12. The second-order valence-corrected chi connectivity index (χ2v) is 6.43. The van der Waals surface area contributed by atoms with Crippen LogP contribution in [0.25, 0.3) is 0 Å². The quantitative estimate of drug-likeness (QED) is 0.727. The fourth-order valence-corrected chi connectivity index (χ4v) is 5.32. The van der Waals surface area contributed by atoms with Crippen molar-refractivity contribution >= 4 is 12.4 Å². The highest BCUT2D eigenvalue weighted by atomic mass is 35.5. The summed E-state index contributed by atoms with van der Waals surface area (Å²) in [7, 11) is 0. The molecule has 4 aliphatic carbocycles. The van der Waals surface area contributed by atoms with Gasteiger partial charge in [0.15, 0.2) is 0 Å². The Kier molecular flexibility index (Phi) is 2.52. The molecule has 4 saturated carbocycles. The van der Waals surface area contributed by atoms with Crippen LogP contribution in [0.15, 0.2) is 0 Å². The Morgan fingerprint density at radius 1 is 0.667 bits per heavy atom. The average Bonchev–Trinajstić information content (AvgIpc) is 2.06. The van der Waals surface area contributed by atoms with E-state index in [2.05, 4.69) is 5.32 Å². The van der Waals surface area contributed by atoms with Gasteiger partial charge in [0.05, 0.1) is 0 Å². The highest BCUT2D eigenvalue weighted by Crippen LogP contribution is 2.58. The topological polar surface area (TPSA) is 12.0 Å². The van der Waals surface area contributed by atoms with Crippen LogP contribution in [-0.4, -0.2) is 13.1 Å². The van der Waals surface area contributed by atoms with Crippen molar-refractivity contribution in [2.75, 3.05) is 13.1 Å². The summed E-state index contributed by atoms with van der Waals surface area (Å²) in [5, 5.41) is 3.47. The molecule has 0 spiro atoms. The van der Waals surface area contributed by atoms with Crippen LogP contribution in [0, 0.1) is 35.5 Å². The zero-order valence-corrected chi connectivity index (χ0v) is 10.1. The van der Waals surface area contributed by atoms with Crippen LogP contribution in [0.4, 0.5) is 0 Å². The van der Waals surface area contributed by atoms with Crippen LogP contribution >= 0.6 is 12.4 Å². The van der Waals surface area contributed by atoms with E-state index in [-0.39, 0.29) is 12.4 Å². The Labute approximate surface area is 98.8 Å². The third kappa shape index (κ3) is 1.46. The van der Waals surface area contributed by atoms with Crippen LogP contribution in [0.2, 0.25) is 0 Å². The molecule has 1 saturated heterocycles. The lowest BCUT2D eigenvalue weighted by atomic mass is 9.49. The van der Waals surface area contributed by atoms with Gasteiger partial charge in [-0.15, -0.1) is 12.4 Å². The summed E-state index contributed by atoms with van der Waals surface area (Å²) in [5.41, 5.74) is 0. The summed E-state index contributed by atoms with van der Waals surface area (Å²) in [5.74, 6) is 6.83. The maximum atomic E-state index is 3.47. The Hall–Kier alpha value is 0.250. The fourth-order valence-electron chi connectivity index (χ4n) is 5.32. The van der Waals surface area contributed by atoms with E-state index in [0.29, 0.717) is 0 Å². The number of rotatable bonds is 1. The molecule has 4 bridgehead atoms. The van der Waals surface area contributed by atoms with E-state index < -0.39 is 0 Å². The zero-order valence-electron chi connectivity index (χ0n) is 9.32. The summed E-state index contributed by atoms with van der Waals surface area (Å²) < 4.78 is 0. The van der Waals surface area contributed by atoms with E-state index in [0.717, 1.165) is 35.5 Å². The largest absolute Gasteiger partial charge is 0.316 e. The van der Waals surface area contributed by atoms with Crippen molar-refractivity contribution in [3.8, 4) is 0 Å². The molecule has 86 valence electrons. The van der Waals surface area contributed by atoms with Crippen LogP contribution in [0.1, 0.15) is 32.1 Å². The van der Waals surface area contributed by atoms with Gasteiger partial charge >= 0.3 is 0 Å². The molecule has 5 rings (SSSR count). The third-order valence-electron chi connectivity index (χ3n) is 5.66. The standard InChI is InChI=1S/C13H21N.ClH/c1-8-2-10-4-9(1)5-11(3-8)13(10)12-6-14-7-12;/h8-14H,1-7H2;1H. The molecule has 1 aliphatic heterocycles. The smallest absolute Gasteiger partial charge is 0.000539 e. The van der Waals surface area contributed by atoms with E-state index in [1.807, 2.05) is 0 Å². The maximum Gasteiger partial charge on any atom is -0.000539 e. The van der Waals surface area contributed by atoms with Crippen LogP contribution < -0.4 is 5.32 Å². The minimum atomic E-state index is 0. The average molecular weight is 228 g/mol. The molecule has 1 N–H and O–H groups in total.